The Balaban J connectivity index is 2.72. The van der Waals surface area contributed by atoms with Crippen molar-refractivity contribution >= 4 is 21.8 Å². The summed E-state index contributed by atoms with van der Waals surface area (Å²) in [5.74, 6) is -2.05. The Morgan fingerprint density at radius 1 is 1.33 bits per heavy atom. The van der Waals surface area contributed by atoms with Crippen LogP contribution in [0.1, 0.15) is 5.56 Å². The number of carbonyl (C=O) groups excluding carboxylic acids is 1. The van der Waals surface area contributed by atoms with Crippen LogP contribution in [0.15, 0.2) is 35.5 Å². The van der Waals surface area contributed by atoms with Gasteiger partial charge in [-0.2, -0.15) is 0 Å². The minimum absolute atomic E-state index is 0.137. The second-order valence-corrected chi connectivity index (χ2v) is 6.16. The largest absolute Gasteiger partial charge is 0.409 e. The van der Waals surface area contributed by atoms with Crippen LogP contribution in [0.25, 0.3) is 0 Å². The van der Waals surface area contributed by atoms with Crippen molar-refractivity contribution in [1.29, 1.82) is 0 Å². The average Bonchev–Trinajstić information content (AvgIpc) is 2.43. The number of carbonyl (C=O) groups is 1. The van der Waals surface area contributed by atoms with Gasteiger partial charge < -0.3 is 16.3 Å². The first-order valence-corrected chi connectivity index (χ1v) is 7.84. The predicted molar refractivity (Wildman–Crippen MR) is 78.0 cm³/mol. The van der Waals surface area contributed by atoms with Gasteiger partial charge in [0.15, 0.2) is 5.84 Å². The van der Waals surface area contributed by atoms with E-state index >= 15 is 0 Å². The first-order chi connectivity index (χ1) is 9.83. The Morgan fingerprint density at radius 2 is 1.95 bits per heavy atom. The van der Waals surface area contributed by atoms with E-state index in [-0.39, 0.29) is 24.6 Å². The second kappa shape index (κ2) is 7.60. The highest BCUT2D eigenvalue weighted by atomic mass is 32.2. The number of nitrogens with one attached hydrogen (secondary N) is 1. The van der Waals surface area contributed by atoms with Crippen LogP contribution >= 0.6 is 0 Å². The maximum atomic E-state index is 12.0. The van der Waals surface area contributed by atoms with Gasteiger partial charge in [0.2, 0.25) is 15.9 Å². The molecule has 0 fully saturated rings. The van der Waals surface area contributed by atoms with E-state index < -0.39 is 21.8 Å². The van der Waals surface area contributed by atoms with Crippen molar-refractivity contribution in [2.75, 3.05) is 12.3 Å². The Hall–Kier alpha value is -2.13. The third-order valence-corrected chi connectivity index (χ3v) is 3.53. The van der Waals surface area contributed by atoms with Crippen molar-refractivity contribution in [3.8, 4) is 0 Å². The third kappa shape index (κ3) is 6.23. The summed E-state index contributed by atoms with van der Waals surface area (Å²) >= 11 is 0. The van der Waals surface area contributed by atoms with Crippen molar-refractivity contribution in [3.05, 3.63) is 35.9 Å². The average molecular weight is 314 g/mol. The molecule has 0 aliphatic heterocycles. The van der Waals surface area contributed by atoms with Crippen LogP contribution < -0.4 is 16.2 Å². The van der Waals surface area contributed by atoms with E-state index in [1.165, 1.54) is 0 Å². The molecule has 0 aliphatic carbocycles. The van der Waals surface area contributed by atoms with Crippen molar-refractivity contribution in [3.63, 3.8) is 0 Å². The van der Waals surface area contributed by atoms with E-state index in [2.05, 4.69) is 10.5 Å². The predicted octanol–water partition coefficient (Wildman–Crippen LogP) is -1.00. The first-order valence-electron chi connectivity index (χ1n) is 6.13. The fourth-order valence-electron chi connectivity index (χ4n) is 1.69. The number of oxime groups is 1. The molecule has 1 rings (SSSR count). The van der Waals surface area contributed by atoms with Gasteiger partial charge in [-0.15, -0.1) is 0 Å². The summed E-state index contributed by atoms with van der Waals surface area (Å²) in [6, 6.07) is 9.04. The van der Waals surface area contributed by atoms with E-state index in [9.17, 15) is 13.2 Å². The number of amidine groups is 1. The van der Waals surface area contributed by atoms with Crippen LogP contribution in [0, 0.1) is 5.92 Å². The van der Waals surface area contributed by atoms with E-state index in [1.807, 2.05) is 6.07 Å². The molecule has 21 heavy (non-hydrogen) atoms. The van der Waals surface area contributed by atoms with Crippen LogP contribution in [0.2, 0.25) is 0 Å². The van der Waals surface area contributed by atoms with Gasteiger partial charge in [0, 0.05) is 6.54 Å². The molecule has 0 spiro atoms. The summed E-state index contributed by atoms with van der Waals surface area (Å²) in [5, 5.41) is 18.9. The molecule has 0 aliphatic rings. The molecule has 0 heterocycles. The quantitative estimate of drug-likeness (QED) is 0.220. The molecule has 0 bridgehead atoms. The third-order valence-electron chi connectivity index (χ3n) is 2.76. The molecule has 0 radical (unpaired) electrons. The van der Waals surface area contributed by atoms with Crippen LogP contribution in [0.4, 0.5) is 0 Å². The second-order valence-electron chi connectivity index (χ2n) is 4.43. The van der Waals surface area contributed by atoms with E-state index in [1.54, 1.807) is 24.3 Å². The number of primary sulfonamides is 1. The fourth-order valence-corrected chi connectivity index (χ4v) is 2.08. The molecule has 1 aromatic rings. The Bertz CT molecular complexity index is 601. The molecule has 6 N–H and O–H groups in total. The highest BCUT2D eigenvalue weighted by Gasteiger charge is 2.23. The lowest BCUT2D eigenvalue weighted by atomic mass is 9.97. The summed E-state index contributed by atoms with van der Waals surface area (Å²) in [6.45, 7) is -0.137. The Labute approximate surface area is 122 Å². The highest BCUT2D eigenvalue weighted by Crippen LogP contribution is 2.09. The van der Waals surface area contributed by atoms with Crippen LogP contribution in [-0.4, -0.2) is 37.7 Å². The molecule has 0 aromatic heterocycles. The molecule has 1 atom stereocenters. The molecule has 8 nitrogen and oxygen atoms in total. The fraction of sp³-hybridized carbons (Fsp3) is 0.333. The zero-order valence-electron chi connectivity index (χ0n) is 11.3. The van der Waals surface area contributed by atoms with Gasteiger partial charge in [-0.1, -0.05) is 35.5 Å². The normalized spacial score (nSPS) is 13.7. The molecule has 1 unspecified atom stereocenters. The van der Waals surface area contributed by atoms with Gasteiger partial charge in [-0.25, -0.2) is 13.6 Å². The molecular formula is C12H18N4O4S. The smallest absolute Gasteiger partial charge is 0.231 e. The number of sulfonamides is 1. The van der Waals surface area contributed by atoms with Gasteiger partial charge >= 0.3 is 0 Å². The van der Waals surface area contributed by atoms with Gasteiger partial charge in [-0.05, 0) is 12.0 Å². The summed E-state index contributed by atoms with van der Waals surface area (Å²) in [7, 11) is -3.66. The lowest BCUT2D eigenvalue weighted by Crippen LogP contribution is -2.42. The van der Waals surface area contributed by atoms with Crippen molar-refractivity contribution in [1.82, 2.24) is 5.32 Å². The zero-order valence-corrected chi connectivity index (χ0v) is 12.1. The summed E-state index contributed by atoms with van der Waals surface area (Å²) < 4.78 is 21.6. The van der Waals surface area contributed by atoms with Gasteiger partial charge in [0.25, 0.3) is 0 Å². The zero-order chi connectivity index (χ0) is 15.9. The number of rotatable bonds is 7. The number of nitrogens with two attached hydrogens (primary N) is 2. The number of hydrogen-bond donors (Lipinski definition) is 4. The van der Waals surface area contributed by atoms with Crippen molar-refractivity contribution in [2.45, 2.75) is 6.42 Å². The van der Waals surface area contributed by atoms with Crippen molar-refractivity contribution < 1.29 is 18.4 Å². The Morgan fingerprint density at radius 3 is 2.48 bits per heavy atom. The van der Waals surface area contributed by atoms with E-state index in [0.29, 0.717) is 0 Å². The Kier molecular flexibility index (Phi) is 6.12. The maximum absolute atomic E-state index is 12.0. The van der Waals surface area contributed by atoms with E-state index in [4.69, 9.17) is 16.1 Å². The SMILES string of the molecule is NC(=NO)C(Cc1ccccc1)C(=O)NCCS(N)(=O)=O. The minimum Gasteiger partial charge on any atom is -0.409 e. The number of nitrogens with zero attached hydrogens (tertiary/aromatic N) is 1. The monoisotopic (exact) mass is 314 g/mol. The van der Waals surface area contributed by atoms with E-state index in [0.717, 1.165) is 5.56 Å². The van der Waals surface area contributed by atoms with Crippen molar-refractivity contribution in [2.24, 2.45) is 21.9 Å². The lowest BCUT2D eigenvalue weighted by molar-refractivity contribution is -0.122. The number of benzene rings is 1. The number of hydrogen-bond acceptors (Lipinski definition) is 5. The topological polar surface area (TPSA) is 148 Å². The molecule has 9 heteroatoms. The van der Waals surface area contributed by atoms with Crippen LogP contribution in [0.3, 0.4) is 0 Å². The summed E-state index contributed by atoms with van der Waals surface area (Å²) in [6.07, 6.45) is 0.234. The molecule has 1 aromatic carbocycles. The van der Waals surface area contributed by atoms with Gasteiger partial charge in [0.1, 0.15) is 5.92 Å². The summed E-state index contributed by atoms with van der Waals surface area (Å²) in [5.41, 5.74) is 6.35. The van der Waals surface area contributed by atoms with Crippen LogP contribution in [-0.2, 0) is 21.2 Å². The molecule has 1 amide bonds. The molecule has 116 valence electrons. The van der Waals surface area contributed by atoms with Gasteiger partial charge in [0.05, 0.1) is 5.75 Å². The standard InChI is InChI=1S/C12H18N4O4S/c13-11(16-18)10(8-9-4-2-1-3-5-9)12(17)15-6-7-21(14,19)20/h1-5,10,18H,6-8H2,(H2,13,16)(H,15,17)(H2,14,19,20). The molecule has 0 saturated heterocycles. The number of amides is 1. The minimum atomic E-state index is -3.66. The maximum Gasteiger partial charge on any atom is 0.231 e. The molecular weight excluding hydrogens is 296 g/mol. The highest BCUT2D eigenvalue weighted by molar-refractivity contribution is 7.89. The summed E-state index contributed by atoms with van der Waals surface area (Å²) in [4.78, 5) is 12.0. The van der Waals surface area contributed by atoms with Crippen LogP contribution in [0.5, 0.6) is 0 Å². The first kappa shape index (κ1) is 16.9. The lowest BCUT2D eigenvalue weighted by Gasteiger charge is -2.15. The van der Waals surface area contributed by atoms with Gasteiger partial charge in [-0.3, -0.25) is 4.79 Å². The molecule has 0 saturated carbocycles.